The van der Waals surface area contributed by atoms with Gasteiger partial charge < -0.3 is 19.9 Å². The van der Waals surface area contributed by atoms with Gasteiger partial charge in [0.1, 0.15) is 5.82 Å². The Morgan fingerprint density at radius 3 is 2.70 bits per heavy atom. The van der Waals surface area contributed by atoms with E-state index in [1.54, 1.807) is 0 Å². The monoisotopic (exact) mass is 371 g/mol. The highest BCUT2D eigenvalue weighted by molar-refractivity contribution is 5.75. The second-order valence-corrected chi connectivity index (χ2v) is 7.80. The van der Waals surface area contributed by atoms with Crippen LogP contribution in [0.4, 0.5) is 10.6 Å². The van der Waals surface area contributed by atoms with E-state index < -0.39 is 0 Å². The van der Waals surface area contributed by atoms with Crippen LogP contribution in [0.2, 0.25) is 0 Å². The summed E-state index contributed by atoms with van der Waals surface area (Å²) < 4.78 is 7.22. The zero-order valence-corrected chi connectivity index (χ0v) is 15.5. The number of nitrogens with zero attached hydrogens (tertiary/aromatic N) is 6. The van der Waals surface area contributed by atoms with Crippen LogP contribution in [0.15, 0.2) is 12.1 Å². The van der Waals surface area contributed by atoms with E-state index in [1.807, 2.05) is 28.6 Å². The molecule has 27 heavy (non-hydrogen) atoms. The maximum absolute atomic E-state index is 12.5. The number of likely N-dealkylation sites (N-methyl/N-ethyl adjacent to an activating group) is 1. The number of ether oxygens (including phenoxy) is 1. The fourth-order valence-corrected chi connectivity index (χ4v) is 3.73. The van der Waals surface area contributed by atoms with Crippen molar-refractivity contribution in [1.29, 1.82) is 0 Å². The molecule has 3 aliphatic rings. The van der Waals surface area contributed by atoms with Gasteiger partial charge in [0.25, 0.3) is 0 Å². The molecule has 9 nitrogen and oxygen atoms in total. The fraction of sp³-hybridized carbons (Fsp3) is 0.667. The van der Waals surface area contributed by atoms with E-state index >= 15 is 0 Å². The molecule has 0 bridgehead atoms. The van der Waals surface area contributed by atoms with Crippen molar-refractivity contribution in [3.63, 3.8) is 0 Å². The molecule has 5 rings (SSSR count). The number of urea groups is 1. The lowest BCUT2D eigenvalue weighted by molar-refractivity contribution is 0.0773. The van der Waals surface area contributed by atoms with Gasteiger partial charge in [0, 0.05) is 45.3 Å². The molecule has 1 saturated carbocycles. The predicted molar refractivity (Wildman–Crippen MR) is 98.9 cm³/mol. The summed E-state index contributed by atoms with van der Waals surface area (Å²) in [6.45, 7) is 3.03. The lowest BCUT2D eigenvalue weighted by Crippen LogP contribution is -2.62. The summed E-state index contributed by atoms with van der Waals surface area (Å²) in [5, 5.41) is 16.4. The average molecular weight is 371 g/mol. The molecule has 2 aliphatic heterocycles. The smallest absolute Gasteiger partial charge is 0.317 e. The summed E-state index contributed by atoms with van der Waals surface area (Å²) in [5.74, 6) is 2.39. The first-order valence-corrected chi connectivity index (χ1v) is 9.77. The molecule has 3 fully saturated rings. The molecule has 2 amide bonds. The molecular formula is C18H25N7O2. The van der Waals surface area contributed by atoms with E-state index in [0.717, 1.165) is 56.4 Å². The Morgan fingerprint density at radius 1 is 1.19 bits per heavy atom. The van der Waals surface area contributed by atoms with Crippen molar-refractivity contribution in [2.24, 2.45) is 0 Å². The largest absolute Gasteiger partial charge is 0.381 e. The highest BCUT2D eigenvalue weighted by Gasteiger charge is 2.35. The van der Waals surface area contributed by atoms with Gasteiger partial charge >= 0.3 is 6.03 Å². The van der Waals surface area contributed by atoms with Crippen LogP contribution in [-0.4, -0.2) is 76.2 Å². The van der Waals surface area contributed by atoms with Gasteiger partial charge in [-0.1, -0.05) is 0 Å². The third-order valence-electron chi connectivity index (χ3n) is 5.82. The highest BCUT2D eigenvalue weighted by atomic mass is 16.5. The van der Waals surface area contributed by atoms with E-state index in [4.69, 9.17) is 9.84 Å². The number of hydrogen-bond acceptors (Lipinski definition) is 6. The topological polar surface area (TPSA) is 87.9 Å². The number of carbonyl (C=O) groups excluding carboxylic acids is 1. The van der Waals surface area contributed by atoms with Crippen LogP contribution >= 0.6 is 0 Å². The first-order valence-electron chi connectivity index (χ1n) is 9.77. The standard InChI is InChI=1S/C18H25N7O2/c1-23(18(26)19-13-6-8-27-9-7-13)14-10-24(11-14)16-5-4-15-20-21-17(12-2-3-12)25(15)22-16/h4-5,12-14H,2-3,6-11H2,1H3,(H,19,26). The molecule has 2 aromatic rings. The quantitative estimate of drug-likeness (QED) is 0.863. The molecule has 2 saturated heterocycles. The van der Waals surface area contributed by atoms with Gasteiger partial charge in [0.15, 0.2) is 11.5 Å². The van der Waals surface area contributed by atoms with E-state index in [2.05, 4.69) is 20.4 Å². The van der Waals surface area contributed by atoms with Gasteiger partial charge in [0.05, 0.1) is 6.04 Å². The van der Waals surface area contributed by atoms with E-state index in [0.29, 0.717) is 5.92 Å². The Balaban J connectivity index is 1.20. The molecular weight excluding hydrogens is 346 g/mol. The minimum Gasteiger partial charge on any atom is -0.381 e. The lowest BCUT2D eigenvalue weighted by atomic mass is 10.1. The number of aromatic nitrogens is 4. The normalized spacial score (nSPS) is 21.3. The van der Waals surface area contributed by atoms with Crippen LogP contribution in [-0.2, 0) is 4.74 Å². The zero-order chi connectivity index (χ0) is 18.4. The van der Waals surface area contributed by atoms with Crippen LogP contribution in [0.1, 0.15) is 37.4 Å². The SMILES string of the molecule is CN(C(=O)NC1CCOCC1)C1CN(c2ccc3nnc(C4CC4)n3n2)C1. The second kappa shape index (κ2) is 6.63. The van der Waals surface area contributed by atoms with Gasteiger partial charge in [-0.15, -0.1) is 15.3 Å². The molecule has 0 unspecified atom stereocenters. The Labute approximate surface area is 157 Å². The summed E-state index contributed by atoms with van der Waals surface area (Å²) in [5.41, 5.74) is 0.797. The molecule has 0 spiro atoms. The predicted octanol–water partition coefficient (Wildman–Crippen LogP) is 1.01. The first kappa shape index (κ1) is 16.7. The minimum absolute atomic E-state index is 0.00444. The molecule has 1 N–H and O–H groups in total. The minimum atomic E-state index is 0.00444. The van der Waals surface area contributed by atoms with Gasteiger partial charge in [-0.05, 0) is 37.8 Å². The van der Waals surface area contributed by atoms with Crippen molar-refractivity contribution in [2.75, 3.05) is 38.3 Å². The maximum Gasteiger partial charge on any atom is 0.317 e. The molecule has 0 atom stereocenters. The van der Waals surface area contributed by atoms with Crippen molar-refractivity contribution in [3.05, 3.63) is 18.0 Å². The Hall–Kier alpha value is -2.42. The number of rotatable bonds is 4. The zero-order valence-electron chi connectivity index (χ0n) is 15.5. The Bertz CT molecular complexity index is 837. The fourth-order valence-electron chi connectivity index (χ4n) is 3.73. The molecule has 0 radical (unpaired) electrons. The van der Waals surface area contributed by atoms with Crippen LogP contribution in [0, 0.1) is 0 Å². The third kappa shape index (κ3) is 3.20. The Morgan fingerprint density at radius 2 is 1.96 bits per heavy atom. The first-order chi connectivity index (χ1) is 13.2. The summed E-state index contributed by atoms with van der Waals surface area (Å²) in [6.07, 6.45) is 4.13. The molecule has 0 aromatic carbocycles. The van der Waals surface area contributed by atoms with E-state index in [-0.39, 0.29) is 18.1 Å². The summed E-state index contributed by atoms with van der Waals surface area (Å²) in [6, 6.07) is 4.38. The van der Waals surface area contributed by atoms with Crippen molar-refractivity contribution in [3.8, 4) is 0 Å². The van der Waals surface area contributed by atoms with Crippen molar-refractivity contribution >= 4 is 17.5 Å². The highest BCUT2D eigenvalue weighted by Crippen LogP contribution is 2.38. The molecule has 9 heteroatoms. The molecule has 4 heterocycles. The number of amides is 2. The number of carbonyl (C=O) groups is 1. The number of hydrogen-bond donors (Lipinski definition) is 1. The number of anilines is 1. The summed E-state index contributed by atoms with van der Waals surface area (Å²) in [7, 11) is 1.87. The second-order valence-electron chi connectivity index (χ2n) is 7.80. The lowest BCUT2D eigenvalue weighted by Gasteiger charge is -2.44. The van der Waals surface area contributed by atoms with Gasteiger partial charge in [-0.3, -0.25) is 0 Å². The maximum atomic E-state index is 12.5. The van der Waals surface area contributed by atoms with Crippen molar-refractivity contribution in [2.45, 2.75) is 43.7 Å². The molecule has 1 aliphatic carbocycles. The van der Waals surface area contributed by atoms with Crippen LogP contribution in [0.3, 0.4) is 0 Å². The van der Waals surface area contributed by atoms with E-state index in [1.165, 1.54) is 12.8 Å². The summed E-state index contributed by atoms with van der Waals surface area (Å²) >= 11 is 0. The van der Waals surface area contributed by atoms with Crippen LogP contribution in [0.25, 0.3) is 5.65 Å². The van der Waals surface area contributed by atoms with Crippen LogP contribution in [0.5, 0.6) is 0 Å². The summed E-state index contributed by atoms with van der Waals surface area (Å²) in [4.78, 5) is 16.5. The molecule has 144 valence electrons. The Kier molecular flexibility index (Phi) is 4.11. The van der Waals surface area contributed by atoms with E-state index in [9.17, 15) is 4.79 Å². The number of fused-ring (bicyclic) bond motifs is 1. The van der Waals surface area contributed by atoms with Gasteiger partial charge in [0.2, 0.25) is 0 Å². The molecule has 2 aromatic heterocycles. The van der Waals surface area contributed by atoms with Gasteiger partial charge in [-0.2, -0.15) is 4.52 Å². The van der Waals surface area contributed by atoms with Crippen molar-refractivity contribution in [1.82, 2.24) is 30.0 Å². The number of nitrogens with one attached hydrogen (secondary N) is 1. The average Bonchev–Trinajstić information content (AvgIpc) is 3.40. The van der Waals surface area contributed by atoms with Crippen LogP contribution < -0.4 is 10.2 Å². The van der Waals surface area contributed by atoms with Crippen molar-refractivity contribution < 1.29 is 9.53 Å². The third-order valence-corrected chi connectivity index (χ3v) is 5.82. The van der Waals surface area contributed by atoms with Gasteiger partial charge in [-0.25, -0.2) is 4.79 Å².